The van der Waals surface area contributed by atoms with Crippen molar-refractivity contribution in [2.45, 2.75) is 43.9 Å². The van der Waals surface area contributed by atoms with Crippen LogP contribution in [-0.4, -0.2) is 53.5 Å². The minimum absolute atomic E-state index is 0.179. The quantitative estimate of drug-likeness (QED) is 0.248. The van der Waals surface area contributed by atoms with E-state index >= 15 is 0 Å². The zero-order valence-corrected chi connectivity index (χ0v) is 22.1. The Morgan fingerprint density at radius 1 is 1.00 bits per heavy atom. The van der Waals surface area contributed by atoms with E-state index in [4.69, 9.17) is 21.1 Å². The highest BCUT2D eigenvalue weighted by molar-refractivity contribution is 6.42. The van der Waals surface area contributed by atoms with Crippen LogP contribution < -0.4 is 14.8 Å². The first kappa shape index (κ1) is 27.1. The number of hydrogen-bond donors (Lipinski definition) is 2. The molecule has 0 bridgehead atoms. The summed E-state index contributed by atoms with van der Waals surface area (Å²) in [5.41, 5.74) is 0.709. The van der Waals surface area contributed by atoms with E-state index in [0.29, 0.717) is 34.4 Å². The Morgan fingerprint density at radius 3 is 2.26 bits per heavy atom. The molecule has 2 atom stereocenters. The number of carbonyl (C=O) groups is 2. The molecule has 9 heteroatoms. The third-order valence-electron chi connectivity index (χ3n) is 6.84. The van der Waals surface area contributed by atoms with E-state index in [-0.39, 0.29) is 17.5 Å². The molecular weight excluding hydrogens is 523 g/mol. The van der Waals surface area contributed by atoms with Crippen LogP contribution in [0.3, 0.4) is 0 Å². The monoisotopic (exact) mass is 552 g/mol. The van der Waals surface area contributed by atoms with Crippen molar-refractivity contribution in [2.24, 2.45) is 0 Å². The van der Waals surface area contributed by atoms with Gasteiger partial charge in [0.05, 0.1) is 17.2 Å². The fourth-order valence-electron chi connectivity index (χ4n) is 4.54. The van der Waals surface area contributed by atoms with Gasteiger partial charge in [0, 0.05) is 12.1 Å². The van der Waals surface area contributed by atoms with Gasteiger partial charge in [-0.25, -0.2) is 4.39 Å². The Labute approximate surface area is 231 Å². The van der Waals surface area contributed by atoms with Gasteiger partial charge in [-0.2, -0.15) is 0 Å². The van der Waals surface area contributed by atoms with Gasteiger partial charge in [-0.15, -0.1) is 0 Å². The molecule has 1 aliphatic carbocycles. The minimum Gasteiger partial charge on any atom is -0.489 e. The van der Waals surface area contributed by atoms with Gasteiger partial charge in [-0.05, 0) is 105 Å². The summed E-state index contributed by atoms with van der Waals surface area (Å²) < 4.78 is 24.6. The SMILES string of the molecule is O=C(NC(CN1CCCC1)[C@H](O)c1ccc(OC2CC2)c(Cl)c1)C(=O)c1ccc(Oc2ccc(F)cc2)cc1. The lowest BCUT2D eigenvalue weighted by atomic mass is 10.0. The molecular formula is C30H30ClFN2O5. The first-order valence-corrected chi connectivity index (χ1v) is 13.5. The summed E-state index contributed by atoms with van der Waals surface area (Å²) in [5, 5.41) is 14.4. The first-order valence-electron chi connectivity index (χ1n) is 13.1. The van der Waals surface area contributed by atoms with Crippen molar-refractivity contribution >= 4 is 23.3 Å². The molecule has 1 saturated heterocycles. The molecule has 0 spiro atoms. The molecule has 0 radical (unpaired) electrons. The van der Waals surface area contributed by atoms with Crippen molar-refractivity contribution in [3.63, 3.8) is 0 Å². The molecule has 0 aromatic heterocycles. The predicted octanol–water partition coefficient (Wildman–Crippen LogP) is 5.31. The van der Waals surface area contributed by atoms with E-state index < -0.39 is 23.8 Å². The Kier molecular flexibility index (Phi) is 8.45. The number of ether oxygens (including phenoxy) is 2. The molecule has 2 fully saturated rings. The van der Waals surface area contributed by atoms with E-state index in [1.807, 2.05) is 0 Å². The molecule has 1 saturated carbocycles. The number of nitrogens with zero attached hydrogens (tertiary/aromatic N) is 1. The van der Waals surface area contributed by atoms with Crippen LogP contribution in [-0.2, 0) is 4.79 Å². The molecule has 1 unspecified atom stereocenters. The van der Waals surface area contributed by atoms with Gasteiger partial charge in [0.15, 0.2) is 0 Å². The minimum atomic E-state index is -1.08. The van der Waals surface area contributed by atoms with Gasteiger partial charge in [0.25, 0.3) is 5.91 Å². The summed E-state index contributed by atoms with van der Waals surface area (Å²) in [6.07, 6.45) is 3.20. The molecule has 5 rings (SSSR count). The van der Waals surface area contributed by atoms with Crippen LogP contribution in [0.4, 0.5) is 4.39 Å². The number of nitrogens with one attached hydrogen (secondary N) is 1. The van der Waals surface area contributed by atoms with Crippen LogP contribution in [0, 0.1) is 5.82 Å². The number of benzene rings is 3. The van der Waals surface area contributed by atoms with Crippen molar-refractivity contribution in [1.29, 1.82) is 0 Å². The highest BCUT2D eigenvalue weighted by Crippen LogP contribution is 2.34. The summed E-state index contributed by atoms with van der Waals surface area (Å²) in [6.45, 7) is 2.11. The average molecular weight is 553 g/mol. The highest BCUT2D eigenvalue weighted by Gasteiger charge is 2.30. The number of aliphatic hydroxyl groups is 1. The second-order valence-electron chi connectivity index (χ2n) is 9.95. The molecule has 1 heterocycles. The average Bonchev–Trinajstić information content (AvgIpc) is 3.61. The van der Waals surface area contributed by atoms with Gasteiger partial charge in [0.1, 0.15) is 29.2 Å². The molecule has 204 valence electrons. The number of hydrogen-bond acceptors (Lipinski definition) is 6. The number of likely N-dealkylation sites (tertiary alicyclic amines) is 1. The van der Waals surface area contributed by atoms with E-state index in [1.165, 1.54) is 36.4 Å². The number of Topliss-reactive ketones (excluding diaryl/α,β-unsaturated/α-hetero) is 1. The summed E-state index contributed by atoms with van der Waals surface area (Å²) in [4.78, 5) is 28.1. The highest BCUT2D eigenvalue weighted by atomic mass is 35.5. The maximum absolute atomic E-state index is 13.1. The maximum atomic E-state index is 13.1. The second kappa shape index (κ2) is 12.2. The van der Waals surface area contributed by atoms with Crippen molar-refractivity contribution in [3.05, 3.63) is 88.7 Å². The fraction of sp³-hybridized carbons (Fsp3) is 0.333. The van der Waals surface area contributed by atoms with E-state index in [9.17, 15) is 19.1 Å². The van der Waals surface area contributed by atoms with Crippen LogP contribution >= 0.6 is 11.6 Å². The predicted molar refractivity (Wildman–Crippen MR) is 145 cm³/mol. The zero-order valence-electron chi connectivity index (χ0n) is 21.3. The molecule has 3 aromatic rings. The van der Waals surface area contributed by atoms with Crippen LogP contribution in [0.5, 0.6) is 17.2 Å². The maximum Gasteiger partial charge on any atom is 0.292 e. The molecule has 1 amide bonds. The molecule has 1 aliphatic heterocycles. The molecule has 2 N–H and O–H groups in total. The standard InChI is InChI=1S/C30H30ClFN2O5/c31-25-17-20(5-14-27(25)39-24-12-13-24)28(35)26(18-34-15-1-2-16-34)33-30(37)29(36)19-3-8-22(9-4-19)38-23-10-6-21(32)7-11-23/h3-11,14,17,24,26,28,35H,1-2,12-13,15-16,18H2,(H,33,37)/t26?,28-/m1/s1. The van der Waals surface area contributed by atoms with Gasteiger partial charge in [0.2, 0.25) is 5.78 Å². The molecule has 39 heavy (non-hydrogen) atoms. The lowest BCUT2D eigenvalue weighted by molar-refractivity contribution is -0.118. The van der Waals surface area contributed by atoms with E-state index in [1.54, 1.807) is 30.3 Å². The van der Waals surface area contributed by atoms with Gasteiger partial charge in [-0.3, -0.25) is 9.59 Å². The Bertz CT molecular complexity index is 1310. The smallest absolute Gasteiger partial charge is 0.292 e. The molecule has 2 aliphatic rings. The van der Waals surface area contributed by atoms with E-state index in [0.717, 1.165) is 38.8 Å². The largest absolute Gasteiger partial charge is 0.489 e. The van der Waals surface area contributed by atoms with Crippen molar-refractivity contribution in [2.75, 3.05) is 19.6 Å². The molecule has 7 nitrogen and oxygen atoms in total. The summed E-state index contributed by atoms with van der Waals surface area (Å²) in [7, 11) is 0. The van der Waals surface area contributed by atoms with Crippen molar-refractivity contribution < 1.29 is 28.6 Å². The Hall–Kier alpha value is -3.46. The third kappa shape index (κ3) is 7.15. The number of ketones is 1. The number of amides is 1. The lowest BCUT2D eigenvalue weighted by Gasteiger charge is -2.28. The summed E-state index contributed by atoms with van der Waals surface area (Å²) >= 11 is 6.41. The Morgan fingerprint density at radius 2 is 1.64 bits per heavy atom. The van der Waals surface area contributed by atoms with E-state index in [2.05, 4.69) is 10.2 Å². The number of carbonyl (C=O) groups excluding carboxylic acids is 2. The van der Waals surface area contributed by atoms with Gasteiger partial charge < -0.3 is 24.8 Å². The number of aliphatic hydroxyl groups excluding tert-OH is 1. The number of rotatable bonds is 11. The van der Waals surface area contributed by atoms with Crippen LogP contribution in [0.1, 0.15) is 47.7 Å². The van der Waals surface area contributed by atoms with Gasteiger partial charge in [-0.1, -0.05) is 17.7 Å². The van der Waals surface area contributed by atoms with Crippen LogP contribution in [0.25, 0.3) is 0 Å². The normalized spacial score (nSPS) is 16.9. The third-order valence-corrected chi connectivity index (χ3v) is 7.13. The summed E-state index contributed by atoms with van der Waals surface area (Å²) in [5.74, 6) is -0.466. The Balaban J connectivity index is 1.26. The van der Waals surface area contributed by atoms with Crippen LogP contribution in [0.15, 0.2) is 66.7 Å². The topological polar surface area (TPSA) is 88.1 Å². The zero-order chi connectivity index (χ0) is 27.4. The summed E-state index contributed by atoms with van der Waals surface area (Å²) in [6, 6.07) is 16.1. The number of halogens is 2. The molecule has 3 aromatic carbocycles. The van der Waals surface area contributed by atoms with Crippen LogP contribution in [0.2, 0.25) is 5.02 Å². The fourth-order valence-corrected chi connectivity index (χ4v) is 4.77. The lowest BCUT2D eigenvalue weighted by Crippen LogP contribution is -2.48. The first-order chi connectivity index (χ1) is 18.9. The van der Waals surface area contributed by atoms with Crippen molar-refractivity contribution in [1.82, 2.24) is 10.2 Å². The van der Waals surface area contributed by atoms with Crippen molar-refractivity contribution in [3.8, 4) is 17.2 Å². The van der Waals surface area contributed by atoms with Gasteiger partial charge >= 0.3 is 0 Å². The second-order valence-corrected chi connectivity index (χ2v) is 10.4.